The van der Waals surface area contributed by atoms with Gasteiger partial charge in [0.05, 0.1) is 12.6 Å². The predicted octanol–water partition coefficient (Wildman–Crippen LogP) is 4.17. The standard InChI is InChI=1S/C12H13Cl2F4NO/c1-19-10(5-20-6-12(17,18)11(15)16)8-4-7(13)2-3-9(8)14/h2-4,10-11,19H,5-6H2,1H3. The van der Waals surface area contributed by atoms with Gasteiger partial charge in [-0.2, -0.15) is 8.78 Å². The molecule has 0 bridgehead atoms. The van der Waals surface area contributed by atoms with Crippen molar-refractivity contribution >= 4 is 23.2 Å². The molecule has 0 amide bonds. The Labute approximate surface area is 124 Å². The largest absolute Gasteiger partial charge is 0.373 e. The van der Waals surface area contributed by atoms with Gasteiger partial charge in [0.1, 0.15) is 6.61 Å². The summed E-state index contributed by atoms with van der Waals surface area (Å²) in [6.45, 7) is -1.60. The Morgan fingerprint density at radius 1 is 1.30 bits per heavy atom. The van der Waals surface area contributed by atoms with Gasteiger partial charge in [-0.3, -0.25) is 0 Å². The summed E-state index contributed by atoms with van der Waals surface area (Å²) in [4.78, 5) is 0. The fourth-order valence-corrected chi connectivity index (χ4v) is 1.92. The Morgan fingerprint density at radius 2 is 1.95 bits per heavy atom. The molecule has 0 aliphatic rings. The number of likely N-dealkylation sites (N-methyl/N-ethyl adjacent to an activating group) is 1. The Bertz CT molecular complexity index is 445. The van der Waals surface area contributed by atoms with Gasteiger partial charge in [0, 0.05) is 10.0 Å². The fraction of sp³-hybridized carbons (Fsp3) is 0.500. The molecule has 1 atom stereocenters. The van der Waals surface area contributed by atoms with Gasteiger partial charge >= 0.3 is 12.3 Å². The fourth-order valence-electron chi connectivity index (χ4n) is 1.49. The SMILES string of the molecule is CNC(COCC(F)(F)C(F)F)c1cc(Cl)ccc1Cl. The van der Waals surface area contributed by atoms with Crippen LogP contribution in [0.1, 0.15) is 11.6 Å². The zero-order chi connectivity index (χ0) is 15.3. The molecule has 114 valence electrons. The molecule has 1 rings (SSSR count). The lowest BCUT2D eigenvalue weighted by atomic mass is 10.1. The summed E-state index contributed by atoms with van der Waals surface area (Å²) in [5.74, 6) is -4.17. The van der Waals surface area contributed by atoms with E-state index >= 15 is 0 Å². The van der Waals surface area contributed by atoms with Crippen molar-refractivity contribution in [2.24, 2.45) is 0 Å². The Kier molecular flexibility index (Phi) is 6.51. The smallest absolute Gasteiger partial charge is 0.330 e. The van der Waals surface area contributed by atoms with Gasteiger partial charge in [-0.1, -0.05) is 23.2 Å². The zero-order valence-corrected chi connectivity index (χ0v) is 12.0. The van der Waals surface area contributed by atoms with E-state index in [0.29, 0.717) is 15.6 Å². The topological polar surface area (TPSA) is 21.3 Å². The molecular formula is C12H13Cl2F4NO. The van der Waals surface area contributed by atoms with E-state index in [9.17, 15) is 17.6 Å². The van der Waals surface area contributed by atoms with E-state index < -0.39 is 25.0 Å². The summed E-state index contributed by atoms with van der Waals surface area (Å²) in [6.07, 6.45) is -3.76. The number of nitrogens with one attached hydrogen (secondary N) is 1. The maximum atomic E-state index is 12.7. The van der Waals surface area contributed by atoms with Crippen molar-refractivity contribution in [1.29, 1.82) is 0 Å². The van der Waals surface area contributed by atoms with Crippen LogP contribution in [0.15, 0.2) is 18.2 Å². The first-order valence-electron chi connectivity index (χ1n) is 5.64. The van der Waals surface area contributed by atoms with Crippen LogP contribution in [0, 0.1) is 0 Å². The highest BCUT2D eigenvalue weighted by Gasteiger charge is 2.41. The lowest BCUT2D eigenvalue weighted by Crippen LogP contribution is -2.34. The highest BCUT2D eigenvalue weighted by molar-refractivity contribution is 6.33. The van der Waals surface area contributed by atoms with Gasteiger partial charge in [-0.05, 0) is 30.8 Å². The maximum Gasteiger partial charge on any atom is 0.330 e. The lowest BCUT2D eigenvalue weighted by molar-refractivity contribution is -0.167. The Morgan fingerprint density at radius 3 is 2.50 bits per heavy atom. The van der Waals surface area contributed by atoms with Crippen LogP contribution in [0.2, 0.25) is 10.0 Å². The third kappa shape index (κ3) is 4.77. The molecule has 1 N–H and O–H groups in total. The summed E-state index contributed by atoms with van der Waals surface area (Å²) < 4.78 is 54.0. The molecule has 0 fully saturated rings. The zero-order valence-electron chi connectivity index (χ0n) is 10.5. The monoisotopic (exact) mass is 333 g/mol. The second-order valence-electron chi connectivity index (χ2n) is 4.08. The van der Waals surface area contributed by atoms with Crippen molar-refractivity contribution in [3.05, 3.63) is 33.8 Å². The molecule has 0 spiro atoms. The summed E-state index contributed by atoms with van der Waals surface area (Å²) >= 11 is 11.8. The molecule has 0 saturated heterocycles. The average molecular weight is 334 g/mol. The second kappa shape index (κ2) is 7.45. The summed E-state index contributed by atoms with van der Waals surface area (Å²) in [7, 11) is 1.57. The first kappa shape index (κ1) is 17.5. The van der Waals surface area contributed by atoms with Crippen molar-refractivity contribution in [2.45, 2.75) is 18.4 Å². The number of benzene rings is 1. The number of hydrogen-bond donors (Lipinski definition) is 1. The average Bonchev–Trinajstić information content (AvgIpc) is 2.37. The van der Waals surface area contributed by atoms with E-state index in [2.05, 4.69) is 10.1 Å². The Hall–Kier alpha value is -0.560. The van der Waals surface area contributed by atoms with E-state index in [0.717, 1.165) is 0 Å². The quantitative estimate of drug-likeness (QED) is 0.756. The van der Waals surface area contributed by atoms with E-state index in [-0.39, 0.29) is 6.61 Å². The van der Waals surface area contributed by atoms with Gasteiger partial charge in [-0.25, -0.2) is 8.78 Å². The van der Waals surface area contributed by atoms with Crippen molar-refractivity contribution in [1.82, 2.24) is 5.32 Å². The van der Waals surface area contributed by atoms with Crippen LogP contribution in [-0.4, -0.2) is 32.6 Å². The third-order valence-corrected chi connectivity index (χ3v) is 3.16. The van der Waals surface area contributed by atoms with Crippen molar-refractivity contribution in [2.75, 3.05) is 20.3 Å². The molecule has 1 aromatic rings. The van der Waals surface area contributed by atoms with E-state index in [1.165, 1.54) is 0 Å². The van der Waals surface area contributed by atoms with Gasteiger partial charge < -0.3 is 10.1 Å². The molecular weight excluding hydrogens is 321 g/mol. The van der Waals surface area contributed by atoms with Crippen LogP contribution < -0.4 is 5.32 Å². The molecule has 1 aromatic carbocycles. The van der Waals surface area contributed by atoms with Crippen LogP contribution in [0.3, 0.4) is 0 Å². The molecule has 20 heavy (non-hydrogen) atoms. The van der Waals surface area contributed by atoms with E-state index in [4.69, 9.17) is 23.2 Å². The minimum atomic E-state index is -4.17. The summed E-state index contributed by atoms with van der Waals surface area (Å²) in [6, 6.07) is 4.15. The lowest BCUT2D eigenvalue weighted by Gasteiger charge is -2.21. The van der Waals surface area contributed by atoms with Crippen molar-refractivity contribution < 1.29 is 22.3 Å². The molecule has 2 nitrogen and oxygen atoms in total. The first-order valence-corrected chi connectivity index (χ1v) is 6.39. The minimum Gasteiger partial charge on any atom is -0.373 e. The third-order valence-electron chi connectivity index (χ3n) is 2.58. The van der Waals surface area contributed by atoms with E-state index in [1.807, 2.05) is 0 Å². The molecule has 0 aliphatic carbocycles. The second-order valence-corrected chi connectivity index (χ2v) is 4.93. The highest BCUT2D eigenvalue weighted by Crippen LogP contribution is 2.28. The number of alkyl halides is 4. The molecule has 8 heteroatoms. The molecule has 0 aromatic heterocycles. The molecule has 0 aliphatic heterocycles. The van der Waals surface area contributed by atoms with Crippen molar-refractivity contribution in [3.63, 3.8) is 0 Å². The summed E-state index contributed by atoms with van der Waals surface area (Å²) in [5, 5.41) is 3.59. The normalized spacial score (nSPS) is 13.8. The van der Waals surface area contributed by atoms with Crippen LogP contribution in [0.4, 0.5) is 17.6 Å². The number of hydrogen-bond acceptors (Lipinski definition) is 2. The van der Waals surface area contributed by atoms with Crippen LogP contribution in [0.5, 0.6) is 0 Å². The maximum absolute atomic E-state index is 12.7. The van der Waals surface area contributed by atoms with Gasteiger partial charge in [0.25, 0.3) is 0 Å². The summed E-state index contributed by atoms with van der Waals surface area (Å²) in [5.41, 5.74) is 0.544. The predicted molar refractivity (Wildman–Crippen MR) is 70.0 cm³/mol. The first-order chi connectivity index (χ1) is 9.27. The van der Waals surface area contributed by atoms with Gasteiger partial charge in [-0.15, -0.1) is 0 Å². The number of halogens is 6. The van der Waals surface area contributed by atoms with Crippen LogP contribution in [-0.2, 0) is 4.74 Å². The van der Waals surface area contributed by atoms with E-state index in [1.54, 1.807) is 25.2 Å². The minimum absolute atomic E-state index is 0.237. The van der Waals surface area contributed by atoms with Crippen LogP contribution in [0.25, 0.3) is 0 Å². The van der Waals surface area contributed by atoms with Crippen molar-refractivity contribution in [3.8, 4) is 0 Å². The van der Waals surface area contributed by atoms with Gasteiger partial charge in [0.2, 0.25) is 0 Å². The Balaban J connectivity index is 2.67. The molecule has 1 unspecified atom stereocenters. The van der Waals surface area contributed by atoms with Crippen LogP contribution >= 0.6 is 23.2 Å². The molecule has 0 radical (unpaired) electrons. The number of ether oxygens (including phenoxy) is 1. The highest BCUT2D eigenvalue weighted by atomic mass is 35.5. The number of rotatable bonds is 7. The molecule has 0 heterocycles. The molecule has 0 saturated carbocycles. The van der Waals surface area contributed by atoms with Gasteiger partial charge in [0.15, 0.2) is 0 Å².